The van der Waals surface area contributed by atoms with Crippen molar-refractivity contribution in [2.24, 2.45) is 5.73 Å². The zero-order valence-electron chi connectivity index (χ0n) is 13.2. The van der Waals surface area contributed by atoms with E-state index in [4.69, 9.17) is 5.73 Å². The monoisotopic (exact) mass is 275 g/mol. The highest BCUT2D eigenvalue weighted by Crippen LogP contribution is 2.38. The summed E-state index contributed by atoms with van der Waals surface area (Å²) < 4.78 is 0. The lowest BCUT2D eigenvalue weighted by Crippen LogP contribution is -2.17. The normalized spacial score (nSPS) is 12.9. The number of primary amides is 1. The number of benzene rings is 1. The molecule has 0 unspecified atom stereocenters. The molecule has 3 nitrogen and oxygen atoms in total. The van der Waals surface area contributed by atoms with E-state index in [2.05, 4.69) is 41.5 Å². The van der Waals surface area contributed by atoms with Crippen LogP contribution in [0.1, 0.15) is 58.2 Å². The van der Waals surface area contributed by atoms with E-state index in [0.717, 1.165) is 11.1 Å². The first-order valence-corrected chi connectivity index (χ1v) is 6.78. The summed E-state index contributed by atoms with van der Waals surface area (Å²) in [5.74, 6) is -0.314. The second kappa shape index (κ2) is 5.31. The van der Waals surface area contributed by atoms with Crippen LogP contribution in [0.4, 0.5) is 0 Å². The molecule has 3 N–H and O–H groups in total. The van der Waals surface area contributed by atoms with Crippen LogP contribution in [0.5, 0.6) is 5.75 Å². The van der Waals surface area contributed by atoms with Gasteiger partial charge in [0.05, 0.1) is 0 Å². The molecular formula is C17H25NO2. The van der Waals surface area contributed by atoms with Crippen LogP contribution in [-0.4, -0.2) is 11.0 Å². The Morgan fingerprint density at radius 2 is 1.65 bits per heavy atom. The quantitative estimate of drug-likeness (QED) is 0.812. The number of aromatic hydroxyl groups is 1. The molecule has 0 bridgehead atoms. The number of carbonyl (C=O) groups is 1. The van der Waals surface area contributed by atoms with Gasteiger partial charge in [-0.3, -0.25) is 4.79 Å². The van der Waals surface area contributed by atoms with E-state index < -0.39 is 5.91 Å². The number of carbonyl (C=O) groups excluding carboxylic acids is 1. The van der Waals surface area contributed by atoms with Gasteiger partial charge in [-0.05, 0) is 28.5 Å². The third-order valence-electron chi connectivity index (χ3n) is 3.24. The van der Waals surface area contributed by atoms with Crippen LogP contribution in [0.3, 0.4) is 0 Å². The minimum absolute atomic E-state index is 0.0387. The second-order valence-electron chi connectivity index (χ2n) is 7.20. The molecule has 0 radical (unpaired) electrons. The molecule has 1 rings (SSSR count). The van der Waals surface area contributed by atoms with Crippen molar-refractivity contribution >= 4 is 12.0 Å². The predicted molar refractivity (Wildman–Crippen MR) is 83.7 cm³/mol. The molecule has 0 saturated heterocycles. The standard InChI is InChI=1S/C17H25NO2/c1-16(2,3)12-9-11(7-8-14(18)19)15(20)13(10-12)17(4,5)6/h7-10,20H,1-6H3,(H2,18,19)/b8-7+. The summed E-state index contributed by atoms with van der Waals surface area (Å²) in [6.07, 6.45) is 2.84. The van der Waals surface area contributed by atoms with Gasteiger partial charge in [0.2, 0.25) is 5.91 Å². The SMILES string of the molecule is CC(C)(C)c1cc(/C=C/C(N)=O)c(O)c(C(C)(C)C)c1. The Labute approximate surface area is 121 Å². The van der Waals surface area contributed by atoms with Gasteiger partial charge in [-0.25, -0.2) is 0 Å². The summed E-state index contributed by atoms with van der Waals surface area (Å²) in [5, 5.41) is 10.4. The van der Waals surface area contributed by atoms with Crippen LogP contribution in [0, 0.1) is 0 Å². The van der Waals surface area contributed by atoms with Gasteiger partial charge in [0.1, 0.15) is 5.75 Å². The second-order valence-corrected chi connectivity index (χ2v) is 7.20. The number of hydrogen-bond acceptors (Lipinski definition) is 2. The number of amides is 1. The van der Waals surface area contributed by atoms with Crippen LogP contribution in [0.15, 0.2) is 18.2 Å². The van der Waals surface area contributed by atoms with Gasteiger partial charge in [-0.1, -0.05) is 47.6 Å². The van der Waals surface area contributed by atoms with Crippen molar-refractivity contribution in [1.29, 1.82) is 0 Å². The molecule has 1 aromatic rings. The molecule has 0 aliphatic rings. The average Bonchev–Trinajstić information content (AvgIpc) is 2.24. The van der Waals surface area contributed by atoms with E-state index in [0.29, 0.717) is 5.56 Å². The van der Waals surface area contributed by atoms with Gasteiger partial charge < -0.3 is 10.8 Å². The molecule has 0 spiro atoms. The fourth-order valence-corrected chi connectivity index (χ4v) is 1.96. The van der Waals surface area contributed by atoms with E-state index in [1.54, 1.807) is 6.08 Å². The molecule has 0 atom stereocenters. The van der Waals surface area contributed by atoms with E-state index in [1.807, 2.05) is 12.1 Å². The van der Waals surface area contributed by atoms with Gasteiger partial charge in [-0.15, -0.1) is 0 Å². The first-order valence-electron chi connectivity index (χ1n) is 6.78. The van der Waals surface area contributed by atoms with Crippen LogP contribution in [0.25, 0.3) is 6.08 Å². The summed E-state index contributed by atoms with van der Waals surface area (Å²) in [7, 11) is 0. The van der Waals surface area contributed by atoms with Crippen LogP contribution >= 0.6 is 0 Å². The minimum Gasteiger partial charge on any atom is -0.507 e. The van der Waals surface area contributed by atoms with Crippen LogP contribution < -0.4 is 5.73 Å². The van der Waals surface area contributed by atoms with Gasteiger partial charge >= 0.3 is 0 Å². The highest BCUT2D eigenvalue weighted by Gasteiger charge is 2.24. The summed E-state index contributed by atoms with van der Waals surface area (Å²) in [6.45, 7) is 12.5. The Morgan fingerprint density at radius 3 is 2.05 bits per heavy atom. The Kier molecular flexibility index (Phi) is 4.33. The predicted octanol–water partition coefficient (Wildman–Crippen LogP) is 3.49. The van der Waals surface area contributed by atoms with Crippen LogP contribution in [-0.2, 0) is 15.6 Å². The van der Waals surface area contributed by atoms with E-state index >= 15 is 0 Å². The molecular weight excluding hydrogens is 250 g/mol. The molecule has 1 amide bonds. The number of nitrogens with two attached hydrogens (primary N) is 1. The van der Waals surface area contributed by atoms with Gasteiger partial charge in [0.25, 0.3) is 0 Å². The molecule has 3 heteroatoms. The Morgan fingerprint density at radius 1 is 1.10 bits per heavy atom. The Hall–Kier alpha value is -1.77. The third-order valence-corrected chi connectivity index (χ3v) is 3.24. The largest absolute Gasteiger partial charge is 0.507 e. The zero-order chi connectivity index (χ0) is 15.7. The van der Waals surface area contributed by atoms with Crippen molar-refractivity contribution in [2.75, 3.05) is 0 Å². The number of hydrogen-bond donors (Lipinski definition) is 2. The van der Waals surface area contributed by atoms with E-state index in [9.17, 15) is 9.90 Å². The van der Waals surface area contributed by atoms with Gasteiger partial charge in [0.15, 0.2) is 0 Å². The van der Waals surface area contributed by atoms with Gasteiger partial charge in [0, 0.05) is 17.2 Å². The first-order chi connectivity index (χ1) is 8.93. The molecule has 0 aromatic heterocycles. The maximum atomic E-state index is 10.9. The lowest BCUT2D eigenvalue weighted by molar-refractivity contribution is -0.113. The highest BCUT2D eigenvalue weighted by molar-refractivity contribution is 5.90. The van der Waals surface area contributed by atoms with Gasteiger partial charge in [-0.2, -0.15) is 0 Å². The molecule has 20 heavy (non-hydrogen) atoms. The van der Waals surface area contributed by atoms with E-state index in [1.165, 1.54) is 6.08 Å². The summed E-state index contributed by atoms with van der Waals surface area (Å²) in [5.41, 5.74) is 7.52. The first kappa shape index (κ1) is 16.3. The summed E-state index contributed by atoms with van der Waals surface area (Å²) in [4.78, 5) is 10.9. The molecule has 0 aliphatic carbocycles. The fourth-order valence-electron chi connectivity index (χ4n) is 1.96. The molecule has 0 heterocycles. The third kappa shape index (κ3) is 3.86. The van der Waals surface area contributed by atoms with Crippen molar-refractivity contribution in [1.82, 2.24) is 0 Å². The lowest BCUT2D eigenvalue weighted by Gasteiger charge is -2.27. The van der Waals surface area contributed by atoms with Crippen molar-refractivity contribution in [3.8, 4) is 5.75 Å². The molecule has 0 aliphatic heterocycles. The molecule has 1 aromatic carbocycles. The number of phenolic OH excluding ortho intramolecular Hbond substituents is 1. The number of phenols is 1. The topological polar surface area (TPSA) is 63.3 Å². The lowest BCUT2D eigenvalue weighted by atomic mass is 9.79. The van der Waals surface area contributed by atoms with E-state index in [-0.39, 0.29) is 16.6 Å². The minimum atomic E-state index is -0.525. The number of rotatable bonds is 2. The fraction of sp³-hybridized carbons (Fsp3) is 0.471. The smallest absolute Gasteiger partial charge is 0.241 e. The summed E-state index contributed by atoms with van der Waals surface area (Å²) in [6, 6.07) is 3.95. The zero-order valence-corrected chi connectivity index (χ0v) is 13.2. The van der Waals surface area contributed by atoms with Crippen molar-refractivity contribution < 1.29 is 9.90 Å². The van der Waals surface area contributed by atoms with Crippen LogP contribution in [0.2, 0.25) is 0 Å². The maximum Gasteiger partial charge on any atom is 0.241 e. The summed E-state index contributed by atoms with van der Waals surface area (Å²) >= 11 is 0. The Balaban J connectivity index is 3.55. The highest BCUT2D eigenvalue weighted by atomic mass is 16.3. The van der Waals surface area contributed by atoms with Crippen molar-refractivity contribution in [2.45, 2.75) is 52.4 Å². The molecule has 110 valence electrons. The maximum absolute atomic E-state index is 10.9. The van der Waals surface area contributed by atoms with Crippen molar-refractivity contribution in [3.05, 3.63) is 34.9 Å². The molecule has 0 saturated carbocycles. The average molecular weight is 275 g/mol. The molecule has 0 fully saturated rings. The Bertz CT molecular complexity index is 543. The van der Waals surface area contributed by atoms with Crippen molar-refractivity contribution in [3.63, 3.8) is 0 Å².